The summed E-state index contributed by atoms with van der Waals surface area (Å²) < 4.78 is 0. The molecule has 1 rings (SSSR count). The molecular weight excluding hydrogens is 268 g/mol. The van der Waals surface area contributed by atoms with E-state index >= 15 is 0 Å². The zero-order chi connectivity index (χ0) is 16.0. The first-order valence-electron chi connectivity index (χ1n) is 8.05. The third-order valence-corrected chi connectivity index (χ3v) is 4.46. The van der Waals surface area contributed by atoms with Gasteiger partial charge in [-0.2, -0.15) is 0 Å². The van der Waals surface area contributed by atoms with Gasteiger partial charge in [-0.15, -0.1) is 0 Å². The van der Waals surface area contributed by atoms with Crippen LogP contribution in [0.25, 0.3) is 0 Å². The summed E-state index contributed by atoms with van der Waals surface area (Å²) in [4.78, 5) is 25.3. The quantitative estimate of drug-likeness (QED) is 0.752. The van der Waals surface area contributed by atoms with E-state index in [2.05, 4.69) is 13.8 Å². The average molecular weight is 298 g/mol. The van der Waals surface area contributed by atoms with Crippen molar-refractivity contribution in [2.75, 3.05) is 19.6 Å². The van der Waals surface area contributed by atoms with E-state index in [9.17, 15) is 9.59 Å². The van der Waals surface area contributed by atoms with Crippen LogP contribution in [0.2, 0.25) is 0 Å². The maximum absolute atomic E-state index is 12.6. The molecule has 5 nitrogen and oxygen atoms in total. The Morgan fingerprint density at radius 2 is 2.00 bits per heavy atom. The number of nitrogens with zero attached hydrogens (tertiary/aromatic N) is 1. The molecule has 0 aromatic carbocycles. The van der Waals surface area contributed by atoms with E-state index in [4.69, 9.17) is 10.8 Å². The number of piperidine rings is 1. The summed E-state index contributed by atoms with van der Waals surface area (Å²) in [6, 6.07) is 0. The monoisotopic (exact) mass is 298 g/mol. The summed E-state index contributed by atoms with van der Waals surface area (Å²) in [5.41, 5.74) is 5.76. The molecule has 1 saturated heterocycles. The second-order valence-corrected chi connectivity index (χ2v) is 6.82. The normalized spacial score (nSPS) is 22.1. The van der Waals surface area contributed by atoms with Gasteiger partial charge in [0.15, 0.2) is 0 Å². The molecule has 1 aliphatic heterocycles. The highest BCUT2D eigenvalue weighted by atomic mass is 16.4. The third kappa shape index (κ3) is 5.65. The Balaban J connectivity index is 2.62. The number of aliphatic carboxylic acids is 1. The second-order valence-electron chi connectivity index (χ2n) is 6.82. The Labute approximate surface area is 127 Å². The zero-order valence-corrected chi connectivity index (χ0v) is 13.5. The van der Waals surface area contributed by atoms with Crippen molar-refractivity contribution >= 4 is 11.9 Å². The summed E-state index contributed by atoms with van der Waals surface area (Å²) in [5, 5.41) is 8.92. The molecule has 21 heavy (non-hydrogen) atoms. The van der Waals surface area contributed by atoms with Gasteiger partial charge < -0.3 is 15.7 Å². The lowest BCUT2D eigenvalue weighted by molar-refractivity contribution is -0.139. The molecule has 122 valence electrons. The van der Waals surface area contributed by atoms with Crippen molar-refractivity contribution in [3.05, 3.63) is 0 Å². The highest BCUT2D eigenvalue weighted by Crippen LogP contribution is 2.27. The fourth-order valence-electron chi connectivity index (χ4n) is 3.24. The van der Waals surface area contributed by atoms with Crippen molar-refractivity contribution in [2.45, 2.75) is 46.5 Å². The van der Waals surface area contributed by atoms with Crippen LogP contribution in [0, 0.1) is 23.7 Å². The Morgan fingerprint density at radius 3 is 2.52 bits per heavy atom. The molecule has 1 heterocycles. The standard InChI is InChI=1S/C16H30N2O3/c1-11(2)7-14(9-17)16(21)18-6-4-5-13(10-18)12(3)8-15(19)20/h11-14H,4-10,17H2,1-3H3,(H,19,20). The summed E-state index contributed by atoms with van der Waals surface area (Å²) in [5.74, 6) is 0.146. The number of hydrogen-bond acceptors (Lipinski definition) is 3. The van der Waals surface area contributed by atoms with Crippen LogP contribution in [0.3, 0.4) is 0 Å². The third-order valence-electron chi connectivity index (χ3n) is 4.46. The predicted molar refractivity (Wildman–Crippen MR) is 82.7 cm³/mol. The van der Waals surface area contributed by atoms with Crippen LogP contribution in [0.5, 0.6) is 0 Å². The topological polar surface area (TPSA) is 83.6 Å². The van der Waals surface area contributed by atoms with Gasteiger partial charge in [-0.1, -0.05) is 20.8 Å². The van der Waals surface area contributed by atoms with Crippen molar-refractivity contribution in [3.63, 3.8) is 0 Å². The number of carbonyl (C=O) groups is 2. The molecule has 0 aliphatic carbocycles. The Hall–Kier alpha value is -1.10. The lowest BCUT2D eigenvalue weighted by Crippen LogP contribution is -2.46. The van der Waals surface area contributed by atoms with E-state index in [1.54, 1.807) is 0 Å². The summed E-state index contributed by atoms with van der Waals surface area (Å²) in [6.07, 6.45) is 2.97. The molecule has 3 unspecified atom stereocenters. The van der Waals surface area contributed by atoms with Gasteiger partial charge in [-0.25, -0.2) is 0 Å². The number of nitrogens with two attached hydrogens (primary N) is 1. The van der Waals surface area contributed by atoms with Crippen LogP contribution in [0.15, 0.2) is 0 Å². The lowest BCUT2D eigenvalue weighted by atomic mass is 9.84. The zero-order valence-electron chi connectivity index (χ0n) is 13.5. The number of rotatable bonds is 7. The molecule has 0 bridgehead atoms. The Kier molecular flexibility index (Phi) is 7.15. The minimum atomic E-state index is -0.759. The first-order chi connectivity index (χ1) is 9.85. The number of amides is 1. The molecule has 1 aliphatic rings. The highest BCUT2D eigenvalue weighted by molar-refractivity contribution is 5.79. The molecule has 5 heteroatoms. The molecule has 3 atom stereocenters. The van der Waals surface area contributed by atoms with E-state index < -0.39 is 5.97 Å². The van der Waals surface area contributed by atoms with Crippen LogP contribution < -0.4 is 5.73 Å². The van der Waals surface area contributed by atoms with E-state index in [0.717, 1.165) is 25.8 Å². The van der Waals surface area contributed by atoms with Crippen LogP contribution >= 0.6 is 0 Å². The SMILES string of the molecule is CC(C)CC(CN)C(=O)N1CCCC(C(C)CC(=O)O)C1. The smallest absolute Gasteiger partial charge is 0.303 e. The van der Waals surface area contributed by atoms with E-state index in [-0.39, 0.29) is 30.1 Å². The minimum absolute atomic E-state index is 0.0986. The van der Waals surface area contributed by atoms with Gasteiger partial charge in [0.05, 0.1) is 5.92 Å². The maximum atomic E-state index is 12.6. The first kappa shape index (κ1) is 18.0. The Morgan fingerprint density at radius 1 is 1.33 bits per heavy atom. The maximum Gasteiger partial charge on any atom is 0.303 e. The van der Waals surface area contributed by atoms with Crippen LogP contribution in [0.1, 0.15) is 46.5 Å². The van der Waals surface area contributed by atoms with Crippen LogP contribution in [-0.4, -0.2) is 41.5 Å². The van der Waals surface area contributed by atoms with Gasteiger partial charge >= 0.3 is 5.97 Å². The molecular formula is C16H30N2O3. The molecule has 0 saturated carbocycles. The van der Waals surface area contributed by atoms with E-state index in [0.29, 0.717) is 19.0 Å². The van der Waals surface area contributed by atoms with E-state index in [1.807, 2.05) is 11.8 Å². The fraction of sp³-hybridized carbons (Fsp3) is 0.875. The highest BCUT2D eigenvalue weighted by Gasteiger charge is 2.31. The largest absolute Gasteiger partial charge is 0.481 e. The number of carboxylic acids is 1. The average Bonchev–Trinajstić information content (AvgIpc) is 2.43. The molecule has 0 radical (unpaired) electrons. The van der Waals surface area contributed by atoms with Gasteiger partial charge in [-0.05, 0) is 37.0 Å². The Bertz CT molecular complexity index is 357. The lowest BCUT2D eigenvalue weighted by Gasteiger charge is -2.37. The van der Waals surface area contributed by atoms with Crippen molar-refractivity contribution in [1.82, 2.24) is 4.90 Å². The van der Waals surface area contributed by atoms with Gasteiger partial charge in [0.2, 0.25) is 5.91 Å². The van der Waals surface area contributed by atoms with Crippen molar-refractivity contribution < 1.29 is 14.7 Å². The number of carboxylic acid groups (broad SMARTS) is 1. The molecule has 0 aromatic heterocycles. The first-order valence-corrected chi connectivity index (χ1v) is 8.05. The van der Waals surface area contributed by atoms with Gasteiger partial charge in [0.1, 0.15) is 0 Å². The van der Waals surface area contributed by atoms with Crippen LogP contribution in [-0.2, 0) is 9.59 Å². The summed E-state index contributed by atoms with van der Waals surface area (Å²) in [6.45, 7) is 8.03. The fourth-order valence-corrected chi connectivity index (χ4v) is 3.24. The van der Waals surface area contributed by atoms with Crippen molar-refractivity contribution in [1.29, 1.82) is 0 Å². The molecule has 1 fully saturated rings. The van der Waals surface area contributed by atoms with Crippen molar-refractivity contribution in [3.8, 4) is 0 Å². The summed E-state index contributed by atoms with van der Waals surface area (Å²) in [7, 11) is 0. The predicted octanol–water partition coefficient (Wildman–Crippen LogP) is 1.96. The van der Waals surface area contributed by atoms with Gasteiger partial charge in [0, 0.05) is 26.1 Å². The van der Waals surface area contributed by atoms with Gasteiger partial charge in [0.25, 0.3) is 0 Å². The van der Waals surface area contributed by atoms with E-state index in [1.165, 1.54) is 0 Å². The number of likely N-dealkylation sites (tertiary alicyclic amines) is 1. The van der Waals surface area contributed by atoms with Crippen LogP contribution in [0.4, 0.5) is 0 Å². The molecule has 3 N–H and O–H groups in total. The van der Waals surface area contributed by atoms with Crippen molar-refractivity contribution in [2.24, 2.45) is 29.4 Å². The second kappa shape index (κ2) is 8.37. The number of hydrogen-bond donors (Lipinski definition) is 2. The molecule has 0 aromatic rings. The minimum Gasteiger partial charge on any atom is -0.481 e. The van der Waals surface area contributed by atoms with Gasteiger partial charge in [-0.3, -0.25) is 9.59 Å². The molecule has 0 spiro atoms. The number of carbonyl (C=O) groups excluding carboxylic acids is 1. The molecule has 1 amide bonds. The summed E-state index contributed by atoms with van der Waals surface area (Å²) >= 11 is 0.